The molecule has 1 aromatic carbocycles. The van der Waals surface area contributed by atoms with E-state index >= 15 is 0 Å². The Morgan fingerprint density at radius 2 is 1.54 bits per heavy atom. The molecule has 0 unspecified atom stereocenters. The van der Waals surface area contributed by atoms with Gasteiger partial charge in [-0.3, -0.25) is 9.59 Å². The first-order chi connectivity index (χ1) is 13.7. The molecule has 0 spiro atoms. The molecule has 5 heteroatoms. The Balaban J connectivity index is 1.55. The summed E-state index contributed by atoms with van der Waals surface area (Å²) in [5, 5.41) is 0. The largest absolute Gasteiger partial charge is 0.497 e. The van der Waals surface area contributed by atoms with Crippen molar-refractivity contribution in [3.8, 4) is 5.75 Å². The van der Waals surface area contributed by atoms with Gasteiger partial charge in [-0.2, -0.15) is 0 Å². The number of rotatable bonds is 4. The summed E-state index contributed by atoms with van der Waals surface area (Å²) in [6.07, 6.45) is 7.72. The Hall–Kier alpha value is -2.04. The second-order valence-electron chi connectivity index (χ2n) is 8.60. The zero-order valence-electron chi connectivity index (χ0n) is 16.9. The van der Waals surface area contributed by atoms with Crippen molar-refractivity contribution in [3.05, 3.63) is 29.8 Å². The van der Waals surface area contributed by atoms with E-state index < -0.39 is 0 Å². The Morgan fingerprint density at radius 1 is 0.857 bits per heavy atom. The highest BCUT2D eigenvalue weighted by Crippen LogP contribution is 2.37. The average Bonchev–Trinajstić information content (AvgIpc) is 3.44. The van der Waals surface area contributed by atoms with Crippen LogP contribution in [0.2, 0.25) is 0 Å². The van der Waals surface area contributed by atoms with Crippen molar-refractivity contribution in [1.29, 1.82) is 0 Å². The van der Waals surface area contributed by atoms with Gasteiger partial charge in [0.05, 0.1) is 13.0 Å². The number of ether oxygens (including phenoxy) is 1. The SMILES string of the molecule is COc1ccc([C@H]2CN(C(=O)C3CCCC3)C[C@@H]2C(=O)N2CCCCC2)cc1. The first kappa shape index (κ1) is 19.3. The van der Waals surface area contributed by atoms with Crippen LogP contribution < -0.4 is 4.74 Å². The van der Waals surface area contributed by atoms with Crippen molar-refractivity contribution in [2.45, 2.75) is 50.9 Å². The van der Waals surface area contributed by atoms with Crippen LogP contribution in [-0.4, -0.2) is 54.9 Å². The van der Waals surface area contributed by atoms with Crippen LogP contribution in [0.25, 0.3) is 0 Å². The van der Waals surface area contributed by atoms with Gasteiger partial charge in [-0.25, -0.2) is 0 Å². The molecule has 0 aromatic heterocycles. The van der Waals surface area contributed by atoms with E-state index in [9.17, 15) is 9.59 Å². The lowest BCUT2D eigenvalue weighted by atomic mass is 9.87. The van der Waals surface area contributed by atoms with Crippen LogP contribution in [0.4, 0.5) is 0 Å². The average molecular weight is 385 g/mol. The van der Waals surface area contributed by atoms with Crippen molar-refractivity contribution in [2.75, 3.05) is 33.3 Å². The minimum Gasteiger partial charge on any atom is -0.497 e. The summed E-state index contributed by atoms with van der Waals surface area (Å²) in [7, 11) is 1.66. The summed E-state index contributed by atoms with van der Waals surface area (Å²) in [4.78, 5) is 30.4. The van der Waals surface area contributed by atoms with Gasteiger partial charge in [-0.05, 0) is 49.8 Å². The van der Waals surface area contributed by atoms with E-state index in [1.165, 1.54) is 6.42 Å². The van der Waals surface area contributed by atoms with E-state index in [1.807, 2.05) is 21.9 Å². The first-order valence-electron chi connectivity index (χ1n) is 10.9. The highest BCUT2D eigenvalue weighted by molar-refractivity contribution is 5.84. The Kier molecular flexibility index (Phi) is 5.88. The van der Waals surface area contributed by atoms with Crippen molar-refractivity contribution in [1.82, 2.24) is 9.80 Å². The Labute approximate surface area is 168 Å². The molecule has 2 saturated heterocycles. The number of carbonyl (C=O) groups excluding carboxylic acids is 2. The third-order valence-electron chi connectivity index (χ3n) is 6.86. The molecular formula is C23H32N2O3. The van der Waals surface area contributed by atoms with E-state index in [-0.39, 0.29) is 29.6 Å². The van der Waals surface area contributed by atoms with Gasteiger partial charge in [0.15, 0.2) is 0 Å². The highest BCUT2D eigenvalue weighted by Gasteiger charge is 2.43. The van der Waals surface area contributed by atoms with E-state index in [1.54, 1.807) is 7.11 Å². The molecule has 5 nitrogen and oxygen atoms in total. The predicted octanol–water partition coefficient (Wildman–Crippen LogP) is 3.44. The summed E-state index contributed by atoms with van der Waals surface area (Å²) in [5.74, 6) is 1.44. The van der Waals surface area contributed by atoms with Crippen molar-refractivity contribution < 1.29 is 14.3 Å². The molecule has 2 aliphatic heterocycles. The minimum absolute atomic E-state index is 0.0747. The molecule has 4 rings (SSSR count). The quantitative estimate of drug-likeness (QED) is 0.799. The third kappa shape index (κ3) is 3.89. The monoisotopic (exact) mass is 384 g/mol. The van der Waals surface area contributed by atoms with Gasteiger partial charge in [-0.1, -0.05) is 25.0 Å². The molecule has 0 N–H and O–H groups in total. The van der Waals surface area contributed by atoms with Crippen LogP contribution in [0.15, 0.2) is 24.3 Å². The number of nitrogens with zero attached hydrogens (tertiary/aromatic N) is 2. The second-order valence-corrected chi connectivity index (χ2v) is 8.60. The molecule has 3 fully saturated rings. The zero-order chi connectivity index (χ0) is 19.5. The number of benzene rings is 1. The van der Waals surface area contributed by atoms with Crippen LogP contribution in [-0.2, 0) is 9.59 Å². The molecule has 2 heterocycles. The van der Waals surface area contributed by atoms with Gasteiger partial charge in [0, 0.05) is 38.0 Å². The van der Waals surface area contributed by atoms with Crippen LogP contribution >= 0.6 is 0 Å². The maximum absolute atomic E-state index is 13.4. The highest BCUT2D eigenvalue weighted by atomic mass is 16.5. The van der Waals surface area contributed by atoms with E-state index in [2.05, 4.69) is 12.1 Å². The van der Waals surface area contributed by atoms with Gasteiger partial charge in [0.1, 0.15) is 5.75 Å². The van der Waals surface area contributed by atoms with Crippen LogP contribution in [0.1, 0.15) is 56.4 Å². The number of likely N-dealkylation sites (tertiary alicyclic amines) is 2. The van der Waals surface area contributed by atoms with Crippen molar-refractivity contribution >= 4 is 11.8 Å². The summed E-state index contributed by atoms with van der Waals surface area (Å²) in [5.41, 5.74) is 1.14. The maximum Gasteiger partial charge on any atom is 0.228 e. The Bertz CT molecular complexity index is 690. The Morgan fingerprint density at radius 3 is 2.18 bits per heavy atom. The fourth-order valence-corrected chi connectivity index (χ4v) is 5.20. The lowest BCUT2D eigenvalue weighted by Crippen LogP contribution is -2.42. The lowest BCUT2D eigenvalue weighted by Gasteiger charge is -2.31. The number of methoxy groups -OCH3 is 1. The van der Waals surface area contributed by atoms with Gasteiger partial charge in [-0.15, -0.1) is 0 Å². The third-order valence-corrected chi connectivity index (χ3v) is 6.86. The van der Waals surface area contributed by atoms with Crippen LogP contribution in [0, 0.1) is 11.8 Å². The molecule has 28 heavy (non-hydrogen) atoms. The zero-order valence-corrected chi connectivity index (χ0v) is 16.9. The van der Waals surface area contributed by atoms with E-state index in [4.69, 9.17) is 4.74 Å². The minimum atomic E-state index is -0.128. The fraction of sp³-hybridized carbons (Fsp3) is 0.652. The molecule has 1 saturated carbocycles. The number of hydrogen-bond acceptors (Lipinski definition) is 3. The molecular weight excluding hydrogens is 352 g/mol. The van der Waals surface area contributed by atoms with E-state index in [0.717, 1.165) is 62.9 Å². The number of piperidine rings is 1. The predicted molar refractivity (Wildman–Crippen MR) is 108 cm³/mol. The number of amides is 2. The lowest BCUT2D eigenvalue weighted by molar-refractivity contribution is -0.137. The molecule has 1 aromatic rings. The maximum atomic E-state index is 13.4. The standard InChI is InChI=1S/C23H32N2O3/c1-28-19-11-9-17(10-12-19)20-15-25(22(26)18-7-3-4-8-18)16-21(20)23(27)24-13-5-2-6-14-24/h9-12,18,20-21H,2-8,13-16H2,1H3/t20-,21+/m1/s1. The molecule has 0 radical (unpaired) electrons. The molecule has 0 bridgehead atoms. The van der Waals surface area contributed by atoms with Gasteiger partial charge in [0.25, 0.3) is 0 Å². The smallest absolute Gasteiger partial charge is 0.228 e. The van der Waals surface area contributed by atoms with E-state index in [0.29, 0.717) is 13.1 Å². The van der Waals surface area contributed by atoms with Crippen LogP contribution in [0.3, 0.4) is 0 Å². The molecule has 2 atom stereocenters. The summed E-state index contributed by atoms with van der Waals surface area (Å²) < 4.78 is 5.29. The van der Waals surface area contributed by atoms with Crippen molar-refractivity contribution in [3.63, 3.8) is 0 Å². The molecule has 3 aliphatic rings. The molecule has 2 amide bonds. The number of carbonyl (C=O) groups is 2. The first-order valence-corrected chi connectivity index (χ1v) is 10.9. The normalized spacial score (nSPS) is 25.9. The van der Waals surface area contributed by atoms with Gasteiger partial charge in [0.2, 0.25) is 11.8 Å². The van der Waals surface area contributed by atoms with Gasteiger partial charge >= 0.3 is 0 Å². The summed E-state index contributed by atoms with van der Waals surface area (Å²) >= 11 is 0. The van der Waals surface area contributed by atoms with Crippen molar-refractivity contribution in [2.24, 2.45) is 11.8 Å². The fourth-order valence-electron chi connectivity index (χ4n) is 5.20. The molecule has 152 valence electrons. The topological polar surface area (TPSA) is 49.9 Å². The van der Waals surface area contributed by atoms with Crippen LogP contribution in [0.5, 0.6) is 5.75 Å². The molecule has 1 aliphatic carbocycles. The summed E-state index contributed by atoms with van der Waals surface area (Å²) in [6, 6.07) is 8.03. The number of hydrogen-bond donors (Lipinski definition) is 0. The summed E-state index contributed by atoms with van der Waals surface area (Å²) in [6.45, 7) is 2.95. The second kappa shape index (κ2) is 8.54. The van der Waals surface area contributed by atoms with Gasteiger partial charge < -0.3 is 14.5 Å².